The van der Waals surface area contributed by atoms with Crippen molar-refractivity contribution in [1.82, 2.24) is 10.1 Å². The topological polar surface area (TPSA) is 63.3 Å². The number of anilines is 1. The van der Waals surface area contributed by atoms with Crippen LogP contribution in [-0.4, -0.2) is 15.9 Å². The Labute approximate surface area is 161 Å². The molecule has 0 aliphatic carbocycles. The molecule has 0 radical (unpaired) electrons. The van der Waals surface area contributed by atoms with Crippen molar-refractivity contribution in [3.8, 4) is 11.5 Å². The Kier molecular flexibility index (Phi) is 4.94. The van der Waals surface area contributed by atoms with E-state index in [9.17, 15) is 0 Å². The summed E-state index contributed by atoms with van der Waals surface area (Å²) in [6, 6.07) is 26.6. The highest BCUT2D eigenvalue weighted by molar-refractivity contribution is 6.30. The molecule has 3 aromatic carbocycles. The third kappa shape index (κ3) is 4.04. The van der Waals surface area contributed by atoms with Crippen LogP contribution in [0.2, 0.25) is 5.02 Å². The summed E-state index contributed by atoms with van der Waals surface area (Å²) in [4.78, 5) is 4.51. The SMILES string of the molecule is Clc1ccc(N/N=C(/c2ccccc2)c2noc(-c3ccccc3)n2)cc1. The molecule has 5 nitrogen and oxygen atoms in total. The van der Waals surface area contributed by atoms with Crippen LogP contribution in [0, 0.1) is 0 Å². The molecule has 0 aliphatic heterocycles. The summed E-state index contributed by atoms with van der Waals surface area (Å²) in [5.41, 5.74) is 6.14. The highest BCUT2D eigenvalue weighted by Crippen LogP contribution is 2.19. The van der Waals surface area contributed by atoms with Crippen molar-refractivity contribution >= 4 is 23.0 Å². The van der Waals surface area contributed by atoms with Crippen LogP contribution in [0.5, 0.6) is 0 Å². The normalized spacial score (nSPS) is 11.4. The smallest absolute Gasteiger partial charge is 0.258 e. The fraction of sp³-hybridized carbons (Fsp3) is 0. The monoisotopic (exact) mass is 374 g/mol. The zero-order valence-corrected chi connectivity index (χ0v) is 15.0. The molecule has 0 saturated heterocycles. The van der Waals surface area contributed by atoms with Crippen molar-refractivity contribution in [2.45, 2.75) is 0 Å². The van der Waals surface area contributed by atoms with Crippen molar-refractivity contribution in [1.29, 1.82) is 0 Å². The molecular weight excluding hydrogens is 360 g/mol. The van der Waals surface area contributed by atoms with Crippen LogP contribution in [0.3, 0.4) is 0 Å². The minimum atomic E-state index is 0.404. The van der Waals surface area contributed by atoms with Gasteiger partial charge >= 0.3 is 0 Å². The number of halogens is 1. The van der Waals surface area contributed by atoms with Crippen molar-refractivity contribution in [2.24, 2.45) is 5.10 Å². The van der Waals surface area contributed by atoms with E-state index >= 15 is 0 Å². The summed E-state index contributed by atoms with van der Waals surface area (Å²) in [6.07, 6.45) is 0. The number of nitrogens with one attached hydrogen (secondary N) is 1. The van der Waals surface area contributed by atoms with Crippen molar-refractivity contribution in [3.63, 3.8) is 0 Å². The lowest BCUT2D eigenvalue weighted by atomic mass is 10.1. The Bertz CT molecular complexity index is 1040. The largest absolute Gasteiger partial charge is 0.334 e. The molecule has 0 fully saturated rings. The van der Waals surface area contributed by atoms with E-state index < -0.39 is 0 Å². The molecule has 0 saturated carbocycles. The summed E-state index contributed by atoms with van der Waals surface area (Å²) in [5.74, 6) is 0.849. The van der Waals surface area contributed by atoms with Crippen LogP contribution in [0.15, 0.2) is 94.6 Å². The summed E-state index contributed by atoms with van der Waals surface area (Å²) in [6.45, 7) is 0. The minimum Gasteiger partial charge on any atom is -0.334 e. The molecule has 0 spiro atoms. The van der Waals surface area contributed by atoms with Gasteiger partial charge in [-0.05, 0) is 36.4 Å². The second kappa shape index (κ2) is 7.85. The summed E-state index contributed by atoms with van der Waals surface area (Å²) >= 11 is 5.93. The number of benzene rings is 3. The van der Waals surface area contributed by atoms with E-state index in [0.717, 1.165) is 16.8 Å². The summed E-state index contributed by atoms with van der Waals surface area (Å²) in [5, 5.41) is 9.29. The average molecular weight is 375 g/mol. The molecule has 1 N–H and O–H groups in total. The number of nitrogens with zero attached hydrogens (tertiary/aromatic N) is 3. The molecule has 27 heavy (non-hydrogen) atoms. The van der Waals surface area contributed by atoms with Gasteiger partial charge in [-0.3, -0.25) is 5.43 Å². The van der Waals surface area contributed by atoms with Gasteiger partial charge in [0.15, 0.2) is 0 Å². The fourth-order valence-electron chi connectivity index (χ4n) is 2.50. The third-order valence-electron chi connectivity index (χ3n) is 3.85. The lowest BCUT2D eigenvalue weighted by Gasteiger charge is -2.05. The Hall–Kier alpha value is -3.44. The molecule has 0 bridgehead atoms. The maximum absolute atomic E-state index is 5.93. The molecule has 0 amide bonds. The number of aromatic nitrogens is 2. The molecule has 4 aromatic rings. The van der Waals surface area contributed by atoms with Gasteiger partial charge in [0, 0.05) is 16.1 Å². The first kappa shape index (κ1) is 17.0. The molecule has 0 atom stereocenters. The maximum Gasteiger partial charge on any atom is 0.258 e. The van der Waals surface area contributed by atoms with Crippen LogP contribution in [0.1, 0.15) is 11.4 Å². The number of hydrogen-bond donors (Lipinski definition) is 1. The lowest BCUT2D eigenvalue weighted by Crippen LogP contribution is -2.08. The molecule has 1 aromatic heterocycles. The Morgan fingerprint density at radius 2 is 1.52 bits per heavy atom. The molecule has 1 heterocycles. The Balaban J connectivity index is 1.69. The average Bonchev–Trinajstić information content (AvgIpc) is 3.21. The van der Waals surface area contributed by atoms with Gasteiger partial charge in [-0.1, -0.05) is 65.3 Å². The molecule has 4 rings (SSSR count). The fourth-order valence-corrected chi connectivity index (χ4v) is 2.63. The lowest BCUT2D eigenvalue weighted by molar-refractivity contribution is 0.429. The highest BCUT2D eigenvalue weighted by Gasteiger charge is 2.16. The van der Waals surface area contributed by atoms with Crippen LogP contribution in [0.25, 0.3) is 11.5 Å². The van der Waals surface area contributed by atoms with Crippen LogP contribution in [-0.2, 0) is 0 Å². The number of rotatable bonds is 5. The predicted molar refractivity (Wildman–Crippen MR) is 107 cm³/mol. The van der Waals surface area contributed by atoms with Gasteiger partial charge in [-0.15, -0.1) is 0 Å². The van der Waals surface area contributed by atoms with Gasteiger partial charge in [0.05, 0.1) is 5.69 Å². The third-order valence-corrected chi connectivity index (χ3v) is 4.10. The first-order chi connectivity index (χ1) is 13.3. The second-order valence-corrected chi connectivity index (χ2v) is 6.17. The van der Waals surface area contributed by atoms with E-state index in [1.54, 1.807) is 12.1 Å². The Morgan fingerprint density at radius 3 is 2.22 bits per heavy atom. The quantitative estimate of drug-likeness (QED) is 0.382. The van der Waals surface area contributed by atoms with E-state index in [0.29, 0.717) is 22.4 Å². The highest BCUT2D eigenvalue weighted by atomic mass is 35.5. The first-order valence-corrected chi connectivity index (χ1v) is 8.71. The van der Waals surface area contributed by atoms with E-state index in [-0.39, 0.29) is 0 Å². The minimum absolute atomic E-state index is 0.404. The Morgan fingerprint density at radius 1 is 0.852 bits per heavy atom. The van der Waals surface area contributed by atoms with Crippen LogP contribution >= 0.6 is 11.6 Å². The summed E-state index contributed by atoms with van der Waals surface area (Å²) < 4.78 is 5.43. The first-order valence-electron chi connectivity index (χ1n) is 8.34. The van der Waals surface area contributed by atoms with Gasteiger partial charge in [0.25, 0.3) is 5.89 Å². The van der Waals surface area contributed by atoms with Gasteiger partial charge in [0.2, 0.25) is 5.82 Å². The van der Waals surface area contributed by atoms with E-state index in [1.807, 2.05) is 72.8 Å². The maximum atomic E-state index is 5.93. The predicted octanol–water partition coefficient (Wildman–Crippen LogP) is 5.25. The van der Waals surface area contributed by atoms with Crippen LogP contribution < -0.4 is 5.43 Å². The zero-order valence-electron chi connectivity index (χ0n) is 14.2. The standard InChI is InChI=1S/C21H15ClN4O/c22-17-11-13-18(14-12-17)24-25-19(15-7-3-1-4-8-15)20-23-21(27-26-20)16-9-5-2-6-10-16/h1-14,24H/b25-19-. The number of hydrazone groups is 1. The van der Waals surface area contributed by atoms with E-state index in [2.05, 4.69) is 20.7 Å². The van der Waals surface area contributed by atoms with Crippen molar-refractivity contribution < 1.29 is 4.52 Å². The molecule has 0 aliphatic rings. The molecule has 0 unspecified atom stereocenters. The van der Waals surface area contributed by atoms with Crippen molar-refractivity contribution in [2.75, 3.05) is 5.43 Å². The summed E-state index contributed by atoms with van der Waals surface area (Å²) in [7, 11) is 0. The van der Waals surface area contributed by atoms with Crippen molar-refractivity contribution in [3.05, 3.63) is 101 Å². The molecular formula is C21H15ClN4O. The van der Waals surface area contributed by atoms with Gasteiger partial charge in [0.1, 0.15) is 5.71 Å². The van der Waals surface area contributed by atoms with Gasteiger partial charge in [-0.25, -0.2) is 0 Å². The zero-order chi connectivity index (χ0) is 18.5. The second-order valence-electron chi connectivity index (χ2n) is 5.73. The molecule has 132 valence electrons. The van der Waals surface area contributed by atoms with Gasteiger partial charge < -0.3 is 4.52 Å². The molecule has 6 heteroatoms. The van der Waals surface area contributed by atoms with E-state index in [1.165, 1.54) is 0 Å². The van der Waals surface area contributed by atoms with E-state index in [4.69, 9.17) is 16.1 Å². The van der Waals surface area contributed by atoms with Gasteiger partial charge in [-0.2, -0.15) is 10.1 Å². The number of hydrogen-bond acceptors (Lipinski definition) is 5. The van der Waals surface area contributed by atoms with Crippen LogP contribution in [0.4, 0.5) is 5.69 Å².